The van der Waals surface area contributed by atoms with Crippen LogP contribution >= 0.6 is 11.8 Å². The van der Waals surface area contributed by atoms with Crippen LogP contribution in [-0.4, -0.2) is 19.7 Å². The molecule has 4 nitrogen and oxygen atoms in total. The smallest absolute Gasteiger partial charge is 0.177 e. The van der Waals surface area contributed by atoms with Crippen LogP contribution in [0.3, 0.4) is 0 Å². The van der Waals surface area contributed by atoms with Crippen molar-refractivity contribution in [2.75, 3.05) is 12.0 Å². The molecule has 0 unspecified atom stereocenters. The highest BCUT2D eigenvalue weighted by Gasteiger charge is 2.15. The highest BCUT2D eigenvalue weighted by atomic mass is 32.2. The Morgan fingerprint density at radius 1 is 1.20 bits per heavy atom. The highest BCUT2D eigenvalue weighted by Crippen LogP contribution is 2.34. The van der Waals surface area contributed by atoms with Gasteiger partial charge in [0, 0.05) is 16.8 Å². The molecule has 1 aromatic heterocycles. The molecule has 0 spiro atoms. The fourth-order valence-electron chi connectivity index (χ4n) is 1.91. The van der Waals surface area contributed by atoms with E-state index in [1.54, 1.807) is 12.1 Å². The lowest BCUT2D eigenvalue weighted by molar-refractivity contribution is 0.602. The first kappa shape index (κ1) is 14.9. The molecule has 0 saturated heterocycles. The molecule has 1 heterocycles. The number of aryl methyl sites for hydroxylation is 2. The molecule has 0 aliphatic heterocycles. The average Bonchev–Trinajstić information content (AvgIpc) is 2.29. The minimum absolute atomic E-state index is 0.159. The van der Waals surface area contributed by atoms with Gasteiger partial charge in [0.1, 0.15) is 5.03 Å². The predicted molar refractivity (Wildman–Crippen MR) is 81.8 cm³/mol. The van der Waals surface area contributed by atoms with Crippen LogP contribution in [0.4, 0.5) is 5.69 Å². The van der Waals surface area contributed by atoms with Gasteiger partial charge in [-0.05, 0) is 43.7 Å². The van der Waals surface area contributed by atoms with Crippen LogP contribution in [0.5, 0.6) is 0 Å². The minimum atomic E-state index is -3.32. The molecular formula is C14H16N2O2S2. The van der Waals surface area contributed by atoms with Gasteiger partial charge in [-0.15, -0.1) is 0 Å². The van der Waals surface area contributed by atoms with Gasteiger partial charge < -0.3 is 5.73 Å². The van der Waals surface area contributed by atoms with Gasteiger partial charge in [-0.2, -0.15) is 0 Å². The number of hydrogen-bond donors (Lipinski definition) is 1. The summed E-state index contributed by atoms with van der Waals surface area (Å²) < 4.78 is 23.3. The third-order valence-electron chi connectivity index (χ3n) is 2.71. The van der Waals surface area contributed by atoms with Gasteiger partial charge in [-0.1, -0.05) is 17.8 Å². The Morgan fingerprint density at radius 3 is 2.50 bits per heavy atom. The van der Waals surface area contributed by atoms with E-state index in [1.807, 2.05) is 26.0 Å². The maximum atomic E-state index is 11.7. The maximum Gasteiger partial charge on any atom is 0.177 e. The zero-order chi connectivity index (χ0) is 14.9. The SMILES string of the molecule is Cc1cc(C)nc(Sc2cccc(S(C)(=O)=O)c2N)c1. The molecule has 1 aromatic carbocycles. The largest absolute Gasteiger partial charge is 0.397 e. The van der Waals surface area contributed by atoms with E-state index in [-0.39, 0.29) is 10.6 Å². The number of nitrogens with zero attached hydrogens (tertiary/aromatic N) is 1. The fraction of sp³-hybridized carbons (Fsp3) is 0.214. The number of aromatic nitrogens is 1. The zero-order valence-electron chi connectivity index (χ0n) is 11.5. The van der Waals surface area contributed by atoms with E-state index in [0.717, 1.165) is 22.5 Å². The first-order valence-electron chi connectivity index (χ1n) is 5.99. The van der Waals surface area contributed by atoms with Crippen molar-refractivity contribution >= 4 is 27.3 Å². The molecule has 0 bridgehead atoms. The molecule has 6 heteroatoms. The van der Waals surface area contributed by atoms with Crippen LogP contribution in [0.15, 0.2) is 45.1 Å². The monoisotopic (exact) mass is 308 g/mol. The summed E-state index contributed by atoms with van der Waals surface area (Å²) in [5, 5.41) is 0.805. The molecule has 2 rings (SSSR count). The predicted octanol–water partition coefficient (Wildman–Crippen LogP) is 2.84. The number of nitrogen functional groups attached to an aromatic ring is 1. The Balaban J connectivity index is 2.44. The van der Waals surface area contributed by atoms with Crippen LogP contribution in [0.25, 0.3) is 0 Å². The molecule has 20 heavy (non-hydrogen) atoms. The van der Waals surface area contributed by atoms with Gasteiger partial charge in [0.15, 0.2) is 9.84 Å². The molecule has 0 amide bonds. The zero-order valence-corrected chi connectivity index (χ0v) is 13.2. The van der Waals surface area contributed by atoms with Crippen LogP contribution in [0.2, 0.25) is 0 Å². The van der Waals surface area contributed by atoms with Gasteiger partial charge in [0.25, 0.3) is 0 Å². The molecular weight excluding hydrogens is 292 g/mol. The van der Waals surface area contributed by atoms with Crippen molar-refractivity contribution in [3.8, 4) is 0 Å². The molecule has 2 aromatic rings. The van der Waals surface area contributed by atoms with E-state index in [2.05, 4.69) is 4.98 Å². The fourth-order valence-corrected chi connectivity index (χ4v) is 3.83. The van der Waals surface area contributed by atoms with Gasteiger partial charge in [-0.3, -0.25) is 0 Å². The van der Waals surface area contributed by atoms with Crippen molar-refractivity contribution in [3.63, 3.8) is 0 Å². The number of benzene rings is 1. The molecule has 2 N–H and O–H groups in total. The lowest BCUT2D eigenvalue weighted by atomic mass is 10.3. The second-order valence-electron chi connectivity index (χ2n) is 4.67. The molecule has 0 fully saturated rings. The molecule has 0 aliphatic carbocycles. The quantitative estimate of drug-likeness (QED) is 0.883. The molecule has 0 atom stereocenters. The normalized spacial score (nSPS) is 11.6. The van der Waals surface area contributed by atoms with Crippen LogP contribution < -0.4 is 5.73 Å². The summed E-state index contributed by atoms with van der Waals surface area (Å²) in [6.45, 7) is 3.92. The lowest BCUT2D eigenvalue weighted by Gasteiger charge is -2.09. The summed E-state index contributed by atoms with van der Waals surface area (Å²) in [6.07, 6.45) is 1.15. The minimum Gasteiger partial charge on any atom is -0.397 e. The molecule has 0 radical (unpaired) electrons. The molecule has 106 valence electrons. The number of sulfone groups is 1. The Hall–Kier alpha value is -1.53. The summed E-state index contributed by atoms with van der Waals surface area (Å²) in [6, 6.07) is 8.94. The second-order valence-corrected chi connectivity index (χ2v) is 7.71. The number of anilines is 1. The van der Waals surface area contributed by atoms with Crippen LogP contribution in [0, 0.1) is 13.8 Å². The number of hydrogen-bond acceptors (Lipinski definition) is 5. The Kier molecular flexibility index (Phi) is 4.06. The van der Waals surface area contributed by atoms with Crippen molar-refractivity contribution in [2.24, 2.45) is 0 Å². The summed E-state index contributed by atoms with van der Waals surface area (Å²) >= 11 is 1.37. The van der Waals surface area contributed by atoms with Crippen molar-refractivity contribution < 1.29 is 8.42 Å². The Morgan fingerprint density at radius 2 is 1.90 bits per heavy atom. The summed E-state index contributed by atoms with van der Waals surface area (Å²) in [5.74, 6) is 0. The Labute approximate surface area is 123 Å². The van der Waals surface area contributed by atoms with E-state index in [4.69, 9.17) is 5.73 Å². The molecule has 0 aliphatic rings. The van der Waals surface area contributed by atoms with E-state index >= 15 is 0 Å². The maximum absolute atomic E-state index is 11.7. The van der Waals surface area contributed by atoms with E-state index in [1.165, 1.54) is 17.8 Å². The third kappa shape index (κ3) is 3.32. The van der Waals surface area contributed by atoms with Gasteiger partial charge in [0.2, 0.25) is 0 Å². The van der Waals surface area contributed by atoms with Crippen molar-refractivity contribution in [1.29, 1.82) is 0 Å². The lowest BCUT2D eigenvalue weighted by Crippen LogP contribution is -2.03. The summed E-state index contributed by atoms with van der Waals surface area (Å²) in [5.41, 5.74) is 8.28. The highest BCUT2D eigenvalue weighted by molar-refractivity contribution is 7.99. The summed E-state index contributed by atoms with van der Waals surface area (Å²) in [4.78, 5) is 5.28. The van der Waals surface area contributed by atoms with Gasteiger partial charge in [-0.25, -0.2) is 13.4 Å². The van der Waals surface area contributed by atoms with Crippen molar-refractivity contribution in [2.45, 2.75) is 28.7 Å². The first-order valence-corrected chi connectivity index (χ1v) is 8.70. The van der Waals surface area contributed by atoms with Crippen molar-refractivity contribution in [1.82, 2.24) is 4.98 Å². The number of rotatable bonds is 3. The third-order valence-corrected chi connectivity index (χ3v) is 4.86. The van der Waals surface area contributed by atoms with E-state index in [9.17, 15) is 8.42 Å². The molecule has 0 saturated carbocycles. The standard InChI is InChI=1S/C14H16N2O2S2/c1-9-7-10(2)16-13(8-9)19-11-5-4-6-12(14(11)15)20(3,17)18/h4-8H,15H2,1-3H3. The summed E-state index contributed by atoms with van der Waals surface area (Å²) in [7, 11) is -3.32. The number of para-hydroxylation sites is 1. The van der Waals surface area contributed by atoms with Crippen LogP contribution in [0.1, 0.15) is 11.3 Å². The number of pyridine rings is 1. The van der Waals surface area contributed by atoms with E-state index < -0.39 is 9.84 Å². The van der Waals surface area contributed by atoms with E-state index in [0.29, 0.717) is 4.90 Å². The average molecular weight is 308 g/mol. The topological polar surface area (TPSA) is 73.0 Å². The Bertz CT molecular complexity index is 736. The van der Waals surface area contributed by atoms with Gasteiger partial charge in [0.05, 0.1) is 10.6 Å². The first-order chi connectivity index (χ1) is 9.27. The second kappa shape index (κ2) is 5.46. The van der Waals surface area contributed by atoms with Gasteiger partial charge >= 0.3 is 0 Å². The number of nitrogens with two attached hydrogens (primary N) is 1. The van der Waals surface area contributed by atoms with Crippen LogP contribution in [-0.2, 0) is 9.84 Å². The van der Waals surface area contributed by atoms with Crippen molar-refractivity contribution in [3.05, 3.63) is 41.6 Å².